The third-order valence-corrected chi connectivity index (χ3v) is 11.7. The summed E-state index contributed by atoms with van der Waals surface area (Å²) in [6.45, 7) is -0.764. The number of sulfonamides is 1. The Kier molecular flexibility index (Phi) is 10.2. The first-order valence-corrected chi connectivity index (χ1v) is 20.6. The molecule has 0 radical (unpaired) electrons. The van der Waals surface area contributed by atoms with Gasteiger partial charge in [-0.15, -0.1) is 0 Å². The van der Waals surface area contributed by atoms with Crippen LogP contribution in [-0.2, 0) is 39.6 Å². The minimum atomic E-state index is -4.22. The third-order valence-electron chi connectivity index (χ3n) is 10.8. The smallest absolute Gasteiger partial charge is 0.293 e. The van der Waals surface area contributed by atoms with Crippen molar-refractivity contribution in [3.63, 3.8) is 0 Å². The fraction of sp³-hybridized carbons (Fsp3) is 0.342. The van der Waals surface area contributed by atoms with Crippen LogP contribution in [0.5, 0.6) is 0 Å². The van der Waals surface area contributed by atoms with Crippen molar-refractivity contribution in [3.8, 4) is 5.69 Å². The molecule has 2 aliphatic carbocycles. The Balaban J connectivity index is 1.53. The molecular weight excluding hydrogens is 890 g/mol. The monoisotopic (exact) mass is 918 g/mol. The van der Waals surface area contributed by atoms with Gasteiger partial charge in [-0.1, -0.05) is 17.7 Å². The first-order chi connectivity index (χ1) is 28.9. The molecule has 8 rings (SSSR count). The van der Waals surface area contributed by atoms with Gasteiger partial charge in [0.25, 0.3) is 30.3 Å². The molecule has 24 heteroatoms. The summed E-state index contributed by atoms with van der Waals surface area (Å²) in [5, 5.41) is 6.60. The van der Waals surface area contributed by atoms with E-state index in [1.807, 2.05) is 4.72 Å². The summed E-state index contributed by atoms with van der Waals surface area (Å²) in [7, 11) is -4.22. The van der Waals surface area contributed by atoms with Crippen LogP contribution >= 0.6 is 11.6 Å². The van der Waals surface area contributed by atoms with Crippen LogP contribution in [0.15, 0.2) is 53.3 Å². The molecule has 1 fully saturated rings. The maximum absolute atomic E-state index is 16.2. The van der Waals surface area contributed by atoms with Crippen molar-refractivity contribution in [2.24, 2.45) is 11.7 Å². The fourth-order valence-corrected chi connectivity index (χ4v) is 9.08. The van der Waals surface area contributed by atoms with E-state index in [1.165, 1.54) is 0 Å². The Morgan fingerprint density at radius 2 is 1.73 bits per heavy atom. The molecule has 3 heterocycles. The second kappa shape index (κ2) is 14.7. The molecule has 6 aromatic rings. The third kappa shape index (κ3) is 7.30. The Labute approximate surface area is 347 Å². The number of nitrogens with two attached hydrogens (primary N) is 1. The molecule has 3 aromatic heterocycles. The number of primary amides is 1. The number of nitrogens with zero attached hydrogens (tertiary/aromatic N) is 6. The highest BCUT2D eigenvalue weighted by atomic mass is 35.5. The number of alkyl halides is 8. The van der Waals surface area contributed by atoms with Crippen LogP contribution in [0.1, 0.15) is 71.6 Å². The van der Waals surface area contributed by atoms with Gasteiger partial charge in [-0.2, -0.15) is 19.0 Å². The standard InChI is InChI=1S/C38H29ClF10N8O4S/c1-37(46,47)15-3-4-18-23(10-15)51-35(56(36(18)59)24-6-5-22(39)27-30(24)55(13-25(42)43)53-34(27)54-62(2,60)61)20(9-14-7-16(40)11-17(41)8-14)29(33(50)58)57-31-26(28(52-57)32(44)45)19-12-21(19)38(31,48)49/h3-8,10-11,19-21,25,29,32H,9,12-13H2,1-2H3,(H2,50,58)(H,53,54)/t19-,20-,21+,29?/m0/s1. The molecule has 1 saturated carbocycles. The van der Waals surface area contributed by atoms with Gasteiger partial charge in [0.15, 0.2) is 5.82 Å². The minimum absolute atomic E-state index is 0.205. The van der Waals surface area contributed by atoms with E-state index in [1.54, 1.807) is 0 Å². The summed E-state index contributed by atoms with van der Waals surface area (Å²) in [4.78, 5) is 33.3. The second-order valence-electron chi connectivity index (χ2n) is 15.2. The van der Waals surface area contributed by atoms with Crippen molar-refractivity contribution in [3.05, 3.63) is 109 Å². The van der Waals surface area contributed by atoms with Crippen LogP contribution in [0.3, 0.4) is 0 Å². The van der Waals surface area contributed by atoms with E-state index in [-0.39, 0.29) is 27.1 Å². The summed E-state index contributed by atoms with van der Waals surface area (Å²) >= 11 is 6.50. The van der Waals surface area contributed by atoms with E-state index in [0.29, 0.717) is 28.5 Å². The van der Waals surface area contributed by atoms with Gasteiger partial charge in [0.05, 0.1) is 44.7 Å². The van der Waals surface area contributed by atoms with E-state index in [4.69, 9.17) is 17.3 Å². The molecule has 12 nitrogen and oxygen atoms in total. The number of carbonyl (C=O) groups is 1. The molecule has 4 atom stereocenters. The number of amides is 1. The van der Waals surface area contributed by atoms with Crippen molar-refractivity contribution in [1.82, 2.24) is 29.1 Å². The number of carbonyl (C=O) groups excluding carboxylic acids is 1. The zero-order chi connectivity index (χ0) is 45.1. The van der Waals surface area contributed by atoms with Crippen LogP contribution in [0.25, 0.3) is 27.5 Å². The molecule has 328 valence electrons. The van der Waals surface area contributed by atoms with E-state index in [2.05, 4.69) is 15.2 Å². The van der Waals surface area contributed by atoms with Gasteiger partial charge < -0.3 is 5.73 Å². The lowest BCUT2D eigenvalue weighted by atomic mass is 9.89. The fourth-order valence-electron chi connectivity index (χ4n) is 8.34. The Morgan fingerprint density at radius 1 is 1.05 bits per heavy atom. The van der Waals surface area contributed by atoms with Crippen molar-refractivity contribution in [2.75, 3.05) is 11.0 Å². The molecule has 3 N–H and O–H groups in total. The molecule has 2 aliphatic rings. The molecule has 1 amide bonds. The molecule has 0 bridgehead atoms. The van der Waals surface area contributed by atoms with E-state index < -0.39 is 151 Å². The SMILES string of the molecule is CC(F)(F)c1ccc2c(=O)n(-c3ccc(Cl)c4c(NS(C)(=O)=O)nn(CC(F)F)c34)c([C@@H](Cc3cc(F)cc(F)c3)C(C(N)=O)n3nc(C(F)F)c4c3C(F)(F)[C@@H]3C[C@H]43)nc2c1. The van der Waals surface area contributed by atoms with Gasteiger partial charge in [-0.05, 0) is 60.7 Å². The largest absolute Gasteiger partial charge is 0.368 e. The predicted octanol–water partition coefficient (Wildman–Crippen LogP) is 7.81. The first kappa shape index (κ1) is 43.0. The zero-order valence-electron chi connectivity index (χ0n) is 31.7. The average molecular weight is 919 g/mol. The predicted molar refractivity (Wildman–Crippen MR) is 203 cm³/mol. The molecule has 0 saturated heterocycles. The number of fused-ring (bicyclic) bond motifs is 5. The Morgan fingerprint density at radius 3 is 2.32 bits per heavy atom. The van der Waals surface area contributed by atoms with Gasteiger partial charge in [0, 0.05) is 30.0 Å². The molecule has 0 spiro atoms. The van der Waals surface area contributed by atoms with Crippen LogP contribution in [0.4, 0.5) is 49.7 Å². The highest BCUT2D eigenvalue weighted by Gasteiger charge is 2.68. The van der Waals surface area contributed by atoms with Gasteiger partial charge in [0.1, 0.15) is 41.4 Å². The van der Waals surface area contributed by atoms with Crippen molar-refractivity contribution in [2.45, 2.75) is 68.9 Å². The Hall–Kier alpha value is -5.71. The quantitative estimate of drug-likeness (QED) is 0.112. The zero-order valence-corrected chi connectivity index (χ0v) is 33.2. The van der Waals surface area contributed by atoms with Crippen LogP contribution < -0.4 is 16.0 Å². The number of hydrogen-bond donors (Lipinski definition) is 2. The number of aromatic nitrogens is 6. The van der Waals surface area contributed by atoms with Crippen LogP contribution in [0.2, 0.25) is 5.02 Å². The summed E-state index contributed by atoms with van der Waals surface area (Å²) in [6.07, 6.45) is -7.07. The summed E-state index contributed by atoms with van der Waals surface area (Å²) in [6, 6.07) is 4.26. The van der Waals surface area contributed by atoms with Gasteiger partial charge in [-0.3, -0.25) is 23.6 Å². The molecule has 1 unspecified atom stereocenters. The number of anilines is 1. The molecule has 0 aliphatic heterocycles. The summed E-state index contributed by atoms with van der Waals surface area (Å²) in [5.74, 6) is -17.5. The number of halogens is 11. The maximum atomic E-state index is 16.2. The molecule has 62 heavy (non-hydrogen) atoms. The van der Waals surface area contributed by atoms with E-state index in [9.17, 15) is 53.1 Å². The lowest BCUT2D eigenvalue weighted by Gasteiger charge is -2.30. The van der Waals surface area contributed by atoms with Gasteiger partial charge in [0.2, 0.25) is 15.9 Å². The van der Waals surface area contributed by atoms with E-state index in [0.717, 1.165) is 42.5 Å². The number of rotatable bonds is 13. The van der Waals surface area contributed by atoms with Gasteiger partial charge in [-0.25, -0.2) is 53.2 Å². The van der Waals surface area contributed by atoms with Crippen molar-refractivity contribution >= 4 is 55.2 Å². The summed E-state index contributed by atoms with van der Waals surface area (Å²) < 4.78 is 177. The lowest BCUT2D eigenvalue weighted by Crippen LogP contribution is -2.39. The van der Waals surface area contributed by atoms with E-state index >= 15 is 8.78 Å². The number of hydrogen-bond acceptors (Lipinski definition) is 7. The summed E-state index contributed by atoms with van der Waals surface area (Å²) in [5.41, 5.74) is -0.696. The molecule has 3 aromatic carbocycles. The highest BCUT2D eigenvalue weighted by Crippen LogP contribution is 2.68. The average Bonchev–Trinajstić information content (AvgIpc) is 3.66. The topological polar surface area (TPSA) is 160 Å². The van der Waals surface area contributed by atoms with Crippen LogP contribution in [-0.4, -0.2) is 56.1 Å². The lowest BCUT2D eigenvalue weighted by molar-refractivity contribution is -0.122. The Bertz CT molecular complexity index is 3000. The highest BCUT2D eigenvalue weighted by molar-refractivity contribution is 7.92. The van der Waals surface area contributed by atoms with Crippen molar-refractivity contribution < 1.29 is 57.1 Å². The number of nitrogens with one attached hydrogen (secondary N) is 1. The normalized spacial score (nSPS) is 18.1. The maximum Gasteiger partial charge on any atom is 0.293 e. The van der Waals surface area contributed by atoms with Crippen LogP contribution in [0, 0.1) is 17.6 Å². The van der Waals surface area contributed by atoms with Gasteiger partial charge >= 0.3 is 0 Å². The molecular formula is C38H29ClF10N8O4S. The minimum Gasteiger partial charge on any atom is -0.368 e. The first-order valence-electron chi connectivity index (χ1n) is 18.3. The second-order valence-corrected chi connectivity index (χ2v) is 17.4. The van der Waals surface area contributed by atoms with Crippen molar-refractivity contribution in [1.29, 1.82) is 0 Å². The number of benzene rings is 3.